The summed E-state index contributed by atoms with van der Waals surface area (Å²) in [5.41, 5.74) is 3.14. The minimum Gasteiger partial charge on any atom is -0.463 e. The van der Waals surface area contributed by atoms with E-state index in [4.69, 9.17) is 16.0 Å². The topological polar surface area (TPSA) is 81.4 Å². The maximum atomic E-state index is 12.8. The van der Waals surface area contributed by atoms with Gasteiger partial charge in [0.1, 0.15) is 21.8 Å². The molecule has 0 aliphatic carbocycles. The van der Waals surface area contributed by atoms with Crippen LogP contribution in [0.5, 0.6) is 0 Å². The van der Waals surface area contributed by atoms with Crippen molar-refractivity contribution in [3.05, 3.63) is 86.5 Å². The number of ketones is 1. The van der Waals surface area contributed by atoms with Gasteiger partial charge in [0, 0.05) is 6.42 Å². The summed E-state index contributed by atoms with van der Waals surface area (Å²) in [7, 11) is -3.71. The van der Waals surface area contributed by atoms with Crippen molar-refractivity contribution in [2.24, 2.45) is 0 Å². The number of rotatable bonds is 6. The summed E-state index contributed by atoms with van der Waals surface area (Å²) in [5.74, 6) is -1.00. The molecule has 0 saturated heterocycles. The van der Waals surface area contributed by atoms with Gasteiger partial charge in [-0.25, -0.2) is 8.42 Å². The van der Waals surface area contributed by atoms with Crippen molar-refractivity contribution in [1.82, 2.24) is 0 Å². The Hall–Kier alpha value is -2.74. The molecule has 2 aromatic carbocycles. The number of hydrogen-bond acceptors (Lipinski definition) is 6. The number of thiophene rings is 1. The Morgan fingerprint density at radius 3 is 2.48 bits per heavy atom. The summed E-state index contributed by atoms with van der Waals surface area (Å²) in [6.45, 7) is 1.92. The average molecular weight is 473 g/mol. The van der Waals surface area contributed by atoms with Gasteiger partial charge in [0.15, 0.2) is 21.0 Å². The van der Waals surface area contributed by atoms with E-state index in [1.165, 1.54) is 18.4 Å². The third-order valence-electron chi connectivity index (χ3n) is 4.80. The molecule has 4 rings (SSSR count). The van der Waals surface area contributed by atoms with Crippen LogP contribution in [0.4, 0.5) is 0 Å². The van der Waals surface area contributed by atoms with Gasteiger partial charge in [-0.15, -0.1) is 11.3 Å². The van der Waals surface area contributed by atoms with Gasteiger partial charge < -0.3 is 4.42 Å². The number of sulfone groups is 1. The lowest BCUT2D eigenvalue weighted by molar-refractivity contribution is -0.116. The number of hydrogen-bond donors (Lipinski definition) is 0. The van der Waals surface area contributed by atoms with Gasteiger partial charge in [-0.2, -0.15) is 0 Å². The Balaban J connectivity index is 1.52. The predicted molar refractivity (Wildman–Crippen MR) is 123 cm³/mol. The maximum absolute atomic E-state index is 12.8. The summed E-state index contributed by atoms with van der Waals surface area (Å²) >= 11 is 6.72. The first kappa shape index (κ1) is 21.5. The minimum atomic E-state index is -3.71. The highest BCUT2D eigenvalue weighted by Crippen LogP contribution is 2.27. The van der Waals surface area contributed by atoms with Gasteiger partial charge in [0.05, 0.1) is 15.3 Å². The number of Topliss-reactive ketones (excluding diaryl/α,β-unsaturated/α-hetero) is 1. The monoisotopic (exact) mass is 472 g/mol. The van der Waals surface area contributed by atoms with Crippen LogP contribution in [0.25, 0.3) is 22.1 Å². The molecule has 2 heterocycles. The lowest BCUT2D eigenvalue weighted by Gasteiger charge is -2.06. The molecule has 0 atom stereocenters. The molecule has 2 aromatic heterocycles. The van der Waals surface area contributed by atoms with Crippen LogP contribution in [0, 0.1) is 6.92 Å². The van der Waals surface area contributed by atoms with Crippen LogP contribution < -0.4 is 5.43 Å². The van der Waals surface area contributed by atoms with E-state index in [1.54, 1.807) is 30.3 Å². The van der Waals surface area contributed by atoms with E-state index in [0.29, 0.717) is 32.0 Å². The van der Waals surface area contributed by atoms with Crippen LogP contribution in [0.2, 0.25) is 4.34 Å². The first-order chi connectivity index (χ1) is 14.7. The van der Waals surface area contributed by atoms with Gasteiger partial charge in [-0.3, -0.25) is 9.59 Å². The highest BCUT2D eigenvalue weighted by Gasteiger charge is 2.21. The summed E-state index contributed by atoms with van der Waals surface area (Å²) in [6.07, 6.45) is 1.41. The number of benzene rings is 2. The van der Waals surface area contributed by atoms with Crippen LogP contribution in [0.1, 0.15) is 11.1 Å². The fourth-order valence-electron chi connectivity index (χ4n) is 3.26. The van der Waals surface area contributed by atoms with Crippen LogP contribution in [0.3, 0.4) is 0 Å². The van der Waals surface area contributed by atoms with Crippen molar-refractivity contribution in [2.75, 3.05) is 5.75 Å². The molecule has 0 aliphatic rings. The van der Waals surface area contributed by atoms with Crippen molar-refractivity contribution < 1.29 is 17.6 Å². The van der Waals surface area contributed by atoms with E-state index in [2.05, 4.69) is 0 Å². The first-order valence-corrected chi connectivity index (χ1v) is 12.2. The molecule has 0 unspecified atom stereocenters. The summed E-state index contributed by atoms with van der Waals surface area (Å²) in [5, 5.41) is 0.501. The minimum absolute atomic E-state index is 0.0236. The van der Waals surface area contributed by atoms with Crippen LogP contribution >= 0.6 is 22.9 Å². The van der Waals surface area contributed by atoms with Crippen molar-refractivity contribution in [3.63, 3.8) is 0 Å². The quantitative estimate of drug-likeness (QED) is 0.391. The number of halogens is 1. The summed E-state index contributed by atoms with van der Waals surface area (Å²) < 4.78 is 30.7. The van der Waals surface area contributed by atoms with Crippen molar-refractivity contribution >= 4 is 49.5 Å². The highest BCUT2D eigenvalue weighted by molar-refractivity contribution is 7.94. The average Bonchev–Trinajstić information content (AvgIpc) is 3.16. The van der Waals surface area contributed by atoms with E-state index >= 15 is 0 Å². The molecule has 0 radical (unpaired) electrons. The molecule has 4 aromatic rings. The Labute approximate surface area is 187 Å². The van der Waals surface area contributed by atoms with Crippen molar-refractivity contribution in [3.8, 4) is 11.1 Å². The van der Waals surface area contributed by atoms with E-state index in [1.807, 2.05) is 19.1 Å². The molecule has 158 valence electrons. The fourth-order valence-corrected chi connectivity index (χ4v) is 6.08. The zero-order valence-corrected chi connectivity index (χ0v) is 18.8. The normalized spacial score (nSPS) is 11.7. The Kier molecular flexibility index (Phi) is 5.83. The number of aryl methyl sites for hydroxylation is 1. The van der Waals surface area contributed by atoms with Crippen LogP contribution in [-0.4, -0.2) is 20.0 Å². The van der Waals surface area contributed by atoms with Crippen LogP contribution in [0.15, 0.2) is 74.3 Å². The van der Waals surface area contributed by atoms with Crippen molar-refractivity contribution in [2.45, 2.75) is 17.6 Å². The zero-order valence-electron chi connectivity index (χ0n) is 16.4. The van der Waals surface area contributed by atoms with E-state index in [-0.39, 0.29) is 16.1 Å². The molecular weight excluding hydrogens is 456 g/mol. The predicted octanol–water partition coefficient (Wildman–Crippen LogP) is 5.07. The second kappa shape index (κ2) is 8.42. The Morgan fingerprint density at radius 2 is 1.81 bits per heavy atom. The van der Waals surface area contributed by atoms with E-state index < -0.39 is 21.4 Å². The Bertz CT molecular complexity index is 1450. The molecule has 31 heavy (non-hydrogen) atoms. The molecule has 0 aliphatic heterocycles. The summed E-state index contributed by atoms with van der Waals surface area (Å²) in [6, 6.07) is 15.2. The smallest absolute Gasteiger partial charge is 0.200 e. The zero-order chi connectivity index (χ0) is 22.2. The van der Waals surface area contributed by atoms with Crippen molar-refractivity contribution in [1.29, 1.82) is 0 Å². The van der Waals surface area contributed by atoms with Gasteiger partial charge in [0.25, 0.3) is 0 Å². The molecule has 5 nitrogen and oxygen atoms in total. The lowest BCUT2D eigenvalue weighted by Crippen LogP contribution is -2.17. The van der Waals surface area contributed by atoms with Gasteiger partial charge in [0.2, 0.25) is 0 Å². The molecule has 0 N–H and O–H groups in total. The molecule has 0 amide bonds. The molecule has 0 saturated carbocycles. The standard InChI is InChI=1S/C23H17ClO5S2/c1-14-2-7-18-20(10-14)29-12-19(23(18)26)16-5-3-15(4-6-16)11-17(25)13-31(27,28)22-9-8-21(24)30-22/h2-10,12H,11,13H2,1H3. The fraction of sp³-hybridized carbons (Fsp3) is 0.130. The SMILES string of the molecule is Cc1ccc2c(=O)c(-c3ccc(CC(=O)CS(=O)(=O)c4ccc(Cl)s4)cc3)coc2c1. The highest BCUT2D eigenvalue weighted by atomic mass is 35.5. The first-order valence-electron chi connectivity index (χ1n) is 9.34. The number of carbonyl (C=O) groups excluding carboxylic acids is 1. The van der Waals surface area contributed by atoms with Gasteiger partial charge in [-0.1, -0.05) is 41.9 Å². The number of fused-ring (bicyclic) bond motifs is 1. The number of carbonyl (C=O) groups is 1. The molecule has 8 heteroatoms. The third-order valence-corrected chi connectivity index (χ3v) is 8.29. The third kappa shape index (κ3) is 4.63. The molecule has 0 bridgehead atoms. The molecular formula is C23H17ClO5S2. The van der Waals surface area contributed by atoms with E-state index in [0.717, 1.165) is 16.9 Å². The van der Waals surface area contributed by atoms with Gasteiger partial charge >= 0.3 is 0 Å². The molecule has 0 spiro atoms. The second-order valence-electron chi connectivity index (χ2n) is 7.21. The maximum Gasteiger partial charge on any atom is 0.200 e. The molecule has 0 fully saturated rings. The second-order valence-corrected chi connectivity index (χ2v) is 11.1. The van der Waals surface area contributed by atoms with E-state index in [9.17, 15) is 18.0 Å². The summed E-state index contributed by atoms with van der Waals surface area (Å²) in [4.78, 5) is 25.1. The van der Waals surface area contributed by atoms with Crippen LogP contribution in [-0.2, 0) is 21.1 Å². The Morgan fingerprint density at radius 1 is 1.06 bits per heavy atom. The largest absolute Gasteiger partial charge is 0.463 e. The lowest BCUT2D eigenvalue weighted by atomic mass is 10.0. The van der Waals surface area contributed by atoms with Gasteiger partial charge in [-0.05, 0) is 47.9 Å².